The summed E-state index contributed by atoms with van der Waals surface area (Å²) in [4.78, 5) is 11.4. The zero-order chi connectivity index (χ0) is 13.9. The lowest BCUT2D eigenvalue weighted by atomic mass is 10.1. The van der Waals surface area contributed by atoms with Crippen molar-refractivity contribution in [3.05, 3.63) is 36.2 Å². The molecule has 0 spiro atoms. The van der Waals surface area contributed by atoms with Crippen molar-refractivity contribution in [2.45, 2.75) is 20.3 Å². The van der Waals surface area contributed by atoms with Crippen LogP contribution < -0.4 is 10.2 Å². The molecular formula is C16H20N4. The summed E-state index contributed by atoms with van der Waals surface area (Å²) in [6.45, 7) is 7.28. The molecule has 4 nitrogen and oxygen atoms in total. The Hall–Kier alpha value is -2.10. The molecule has 1 N–H and O–H groups in total. The lowest BCUT2D eigenvalue weighted by Crippen LogP contribution is -2.23. The van der Waals surface area contributed by atoms with Crippen LogP contribution in [0, 0.1) is 6.92 Å². The highest BCUT2D eigenvalue weighted by molar-refractivity contribution is 5.72. The average molecular weight is 268 g/mol. The molecule has 0 saturated carbocycles. The van der Waals surface area contributed by atoms with Crippen LogP contribution in [-0.4, -0.2) is 29.6 Å². The van der Waals surface area contributed by atoms with Gasteiger partial charge in [0.05, 0.1) is 11.4 Å². The van der Waals surface area contributed by atoms with Crippen LogP contribution in [0.1, 0.15) is 19.0 Å². The van der Waals surface area contributed by atoms with Gasteiger partial charge in [-0.15, -0.1) is 0 Å². The molecule has 1 aliphatic heterocycles. The summed E-state index contributed by atoms with van der Waals surface area (Å²) >= 11 is 0. The molecule has 0 atom stereocenters. The summed E-state index contributed by atoms with van der Waals surface area (Å²) in [6.07, 6.45) is 2.98. The molecule has 0 amide bonds. The van der Waals surface area contributed by atoms with Gasteiger partial charge in [-0.25, -0.2) is 4.98 Å². The van der Waals surface area contributed by atoms with Crippen LogP contribution in [0.15, 0.2) is 30.5 Å². The van der Waals surface area contributed by atoms with Gasteiger partial charge in [-0.05, 0) is 44.5 Å². The van der Waals surface area contributed by atoms with Crippen LogP contribution in [0.3, 0.4) is 0 Å². The Morgan fingerprint density at radius 2 is 2.20 bits per heavy atom. The Labute approximate surface area is 119 Å². The number of aromatic nitrogens is 2. The molecule has 0 unspecified atom stereocenters. The SMILES string of the molecule is CCN1CCCNc2nc(-c3ccnc(C)c3)ccc21. The summed E-state index contributed by atoms with van der Waals surface area (Å²) in [5.74, 6) is 0.997. The fourth-order valence-electron chi connectivity index (χ4n) is 2.63. The number of nitrogens with zero attached hydrogens (tertiary/aromatic N) is 3. The number of fused-ring (bicyclic) bond motifs is 1. The number of hydrogen-bond donors (Lipinski definition) is 1. The van der Waals surface area contributed by atoms with Crippen molar-refractivity contribution in [1.82, 2.24) is 9.97 Å². The zero-order valence-electron chi connectivity index (χ0n) is 12.1. The second-order valence-corrected chi connectivity index (χ2v) is 5.11. The van der Waals surface area contributed by atoms with Crippen molar-refractivity contribution in [1.29, 1.82) is 0 Å². The Bertz CT molecular complexity index is 609. The normalized spacial score (nSPS) is 14.4. The smallest absolute Gasteiger partial charge is 0.150 e. The highest BCUT2D eigenvalue weighted by Gasteiger charge is 2.15. The second kappa shape index (κ2) is 5.49. The third-order valence-corrected chi connectivity index (χ3v) is 3.69. The van der Waals surface area contributed by atoms with Gasteiger partial charge in [0.15, 0.2) is 0 Å². The van der Waals surface area contributed by atoms with Crippen molar-refractivity contribution < 1.29 is 0 Å². The van der Waals surface area contributed by atoms with Gasteiger partial charge in [-0.1, -0.05) is 0 Å². The van der Waals surface area contributed by atoms with Crippen molar-refractivity contribution in [2.75, 3.05) is 29.9 Å². The number of pyridine rings is 2. The largest absolute Gasteiger partial charge is 0.369 e. The molecule has 2 aromatic heterocycles. The first-order valence-corrected chi connectivity index (χ1v) is 7.21. The molecular weight excluding hydrogens is 248 g/mol. The van der Waals surface area contributed by atoms with Gasteiger partial charge >= 0.3 is 0 Å². The lowest BCUT2D eigenvalue weighted by molar-refractivity contribution is 0.786. The highest BCUT2D eigenvalue weighted by Crippen LogP contribution is 2.29. The van der Waals surface area contributed by atoms with Gasteiger partial charge in [-0.3, -0.25) is 4.98 Å². The van der Waals surface area contributed by atoms with Gasteiger partial charge in [0.1, 0.15) is 5.82 Å². The van der Waals surface area contributed by atoms with E-state index in [1.807, 2.05) is 19.2 Å². The summed E-state index contributed by atoms with van der Waals surface area (Å²) in [7, 11) is 0. The number of hydrogen-bond acceptors (Lipinski definition) is 4. The third kappa shape index (κ3) is 2.46. The van der Waals surface area contributed by atoms with Crippen LogP contribution in [-0.2, 0) is 0 Å². The quantitative estimate of drug-likeness (QED) is 0.908. The Morgan fingerprint density at radius 1 is 1.30 bits per heavy atom. The molecule has 3 heterocycles. The van der Waals surface area contributed by atoms with Crippen LogP contribution in [0.25, 0.3) is 11.3 Å². The first-order chi connectivity index (χ1) is 9.78. The van der Waals surface area contributed by atoms with Gasteiger partial charge < -0.3 is 10.2 Å². The lowest BCUT2D eigenvalue weighted by Gasteiger charge is -2.22. The first kappa shape index (κ1) is 12.9. The van der Waals surface area contributed by atoms with E-state index >= 15 is 0 Å². The molecule has 0 fully saturated rings. The van der Waals surface area contributed by atoms with E-state index in [-0.39, 0.29) is 0 Å². The van der Waals surface area contributed by atoms with E-state index in [1.165, 1.54) is 5.69 Å². The van der Waals surface area contributed by atoms with Crippen LogP contribution in [0.5, 0.6) is 0 Å². The van der Waals surface area contributed by atoms with E-state index in [2.05, 4.69) is 40.3 Å². The topological polar surface area (TPSA) is 41.0 Å². The number of anilines is 2. The second-order valence-electron chi connectivity index (χ2n) is 5.11. The molecule has 1 aliphatic rings. The Kier molecular flexibility index (Phi) is 3.54. The van der Waals surface area contributed by atoms with Crippen molar-refractivity contribution in [3.8, 4) is 11.3 Å². The minimum Gasteiger partial charge on any atom is -0.369 e. The maximum Gasteiger partial charge on any atom is 0.150 e. The average Bonchev–Trinajstić information content (AvgIpc) is 2.68. The Balaban J connectivity index is 2.02. The fraction of sp³-hybridized carbons (Fsp3) is 0.375. The molecule has 2 aromatic rings. The van der Waals surface area contributed by atoms with E-state index in [9.17, 15) is 0 Å². The van der Waals surface area contributed by atoms with Crippen molar-refractivity contribution in [3.63, 3.8) is 0 Å². The van der Waals surface area contributed by atoms with Gasteiger partial charge in [-0.2, -0.15) is 0 Å². The summed E-state index contributed by atoms with van der Waals surface area (Å²) in [5.41, 5.74) is 4.34. The zero-order valence-corrected chi connectivity index (χ0v) is 12.1. The molecule has 104 valence electrons. The van der Waals surface area contributed by atoms with Crippen molar-refractivity contribution in [2.24, 2.45) is 0 Å². The Morgan fingerprint density at radius 3 is 3.00 bits per heavy atom. The van der Waals surface area contributed by atoms with E-state index in [1.54, 1.807) is 0 Å². The third-order valence-electron chi connectivity index (χ3n) is 3.69. The van der Waals surface area contributed by atoms with E-state index in [0.29, 0.717) is 0 Å². The number of rotatable bonds is 2. The van der Waals surface area contributed by atoms with Gasteiger partial charge in [0.2, 0.25) is 0 Å². The summed E-state index contributed by atoms with van der Waals surface area (Å²) < 4.78 is 0. The van der Waals surface area contributed by atoms with Crippen LogP contribution >= 0.6 is 0 Å². The number of aryl methyl sites for hydroxylation is 1. The molecule has 20 heavy (non-hydrogen) atoms. The van der Waals surface area contributed by atoms with E-state index in [0.717, 1.165) is 48.8 Å². The molecule has 0 aromatic carbocycles. The predicted molar refractivity (Wildman–Crippen MR) is 83.2 cm³/mol. The molecule has 0 radical (unpaired) electrons. The van der Waals surface area contributed by atoms with Gasteiger partial charge in [0.25, 0.3) is 0 Å². The molecule has 0 aliphatic carbocycles. The minimum atomic E-state index is 0.981. The summed E-state index contributed by atoms with van der Waals surface area (Å²) in [5, 5.41) is 3.45. The minimum absolute atomic E-state index is 0.981. The fourth-order valence-corrected chi connectivity index (χ4v) is 2.63. The van der Waals surface area contributed by atoms with Crippen LogP contribution in [0.2, 0.25) is 0 Å². The summed E-state index contributed by atoms with van der Waals surface area (Å²) in [6, 6.07) is 8.36. The molecule has 3 rings (SSSR count). The van der Waals surface area contributed by atoms with E-state index < -0.39 is 0 Å². The maximum atomic E-state index is 4.80. The first-order valence-electron chi connectivity index (χ1n) is 7.21. The number of nitrogens with one attached hydrogen (secondary N) is 1. The van der Waals surface area contributed by atoms with E-state index in [4.69, 9.17) is 4.98 Å². The van der Waals surface area contributed by atoms with Gasteiger partial charge in [0, 0.05) is 37.1 Å². The molecule has 0 bridgehead atoms. The molecule has 4 heteroatoms. The van der Waals surface area contributed by atoms with Crippen molar-refractivity contribution >= 4 is 11.5 Å². The predicted octanol–water partition coefficient (Wildman–Crippen LogP) is 3.09. The standard InChI is InChI=1S/C16H20N4/c1-3-20-10-4-8-18-16-15(20)6-5-14(19-16)13-7-9-17-12(2)11-13/h5-7,9,11H,3-4,8,10H2,1-2H3,(H,18,19). The maximum absolute atomic E-state index is 4.80. The monoisotopic (exact) mass is 268 g/mol. The highest BCUT2D eigenvalue weighted by atomic mass is 15.2. The molecule has 0 saturated heterocycles. The van der Waals surface area contributed by atoms with Crippen LogP contribution in [0.4, 0.5) is 11.5 Å².